The van der Waals surface area contributed by atoms with Gasteiger partial charge >= 0.3 is 6.01 Å². The fraction of sp³-hybridized carbons (Fsp3) is 0.692. The molecule has 0 aliphatic heterocycles. The van der Waals surface area contributed by atoms with Crippen molar-refractivity contribution in [3.05, 3.63) is 17.5 Å². The van der Waals surface area contributed by atoms with Crippen molar-refractivity contribution in [3.63, 3.8) is 0 Å². The zero-order valence-corrected chi connectivity index (χ0v) is 10.7. The van der Waals surface area contributed by atoms with Crippen molar-refractivity contribution in [2.45, 2.75) is 52.2 Å². The second-order valence-corrected chi connectivity index (χ2v) is 4.59. The molecular formula is C13H21N3O. The third kappa shape index (κ3) is 3.66. The maximum Gasteiger partial charge on any atom is 0.317 e. The zero-order chi connectivity index (χ0) is 12.1. The topological polar surface area (TPSA) is 47.0 Å². The maximum absolute atomic E-state index is 5.83. The van der Waals surface area contributed by atoms with Crippen LogP contribution < -0.4 is 10.1 Å². The molecule has 1 N–H and O–H groups in total. The summed E-state index contributed by atoms with van der Waals surface area (Å²) >= 11 is 0. The van der Waals surface area contributed by atoms with E-state index in [0.717, 1.165) is 37.3 Å². The Morgan fingerprint density at radius 1 is 1.35 bits per heavy atom. The lowest BCUT2D eigenvalue weighted by Crippen LogP contribution is -2.16. The summed E-state index contributed by atoms with van der Waals surface area (Å²) in [6.45, 7) is 5.80. The third-order valence-corrected chi connectivity index (χ3v) is 3.02. The van der Waals surface area contributed by atoms with Crippen LogP contribution >= 0.6 is 0 Å². The van der Waals surface area contributed by atoms with Crippen LogP contribution in [0.4, 0.5) is 0 Å². The van der Waals surface area contributed by atoms with Gasteiger partial charge in [0.05, 0.1) is 5.69 Å². The molecule has 4 heteroatoms. The molecule has 1 aliphatic carbocycles. The molecule has 1 saturated carbocycles. The van der Waals surface area contributed by atoms with Gasteiger partial charge in [-0.15, -0.1) is 0 Å². The molecular weight excluding hydrogens is 214 g/mol. The van der Waals surface area contributed by atoms with E-state index in [0.29, 0.717) is 12.1 Å². The summed E-state index contributed by atoms with van der Waals surface area (Å²) in [7, 11) is 0. The number of rotatable bonds is 5. The van der Waals surface area contributed by atoms with Crippen LogP contribution in [0.15, 0.2) is 6.07 Å². The first-order valence-electron chi connectivity index (χ1n) is 6.50. The van der Waals surface area contributed by atoms with Crippen molar-refractivity contribution in [1.29, 1.82) is 0 Å². The predicted octanol–water partition coefficient (Wildman–Crippen LogP) is 2.22. The lowest BCUT2D eigenvalue weighted by Gasteiger charge is -2.12. The van der Waals surface area contributed by atoms with Crippen LogP contribution in [0, 0.1) is 6.92 Å². The summed E-state index contributed by atoms with van der Waals surface area (Å²) < 4.78 is 5.83. The van der Waals surface area contributed by atoms with E-state index in [1.807, 2.05) is 13.0 Å². The molecule has 94 valence electrons. The minimum Gasteiger partial charge on any atom is -0.460 e. The molecule has 0 atom stereocenters. The molecule has 17 heavy (non-hydrogen) atoms. The number of nitrogens with zero attached hydrogens (tertiary/aromatic N) is 2. The molecule has 1 aromatic rings. The first-order chi connectivity index (χ1) is 8.28. The molecule has 0 amide bonds. The van der Waals surface area contributed by atoms with E-state index in [1.165, 1.54) is 12.8 Å². The summed E-state index contributed by atoms with van der Waals surface area (Å²) in [5.74, 6) is 0. The van der Waals surface area contributed by atoms with Crippen LogP contribution in [0.3, 0.4) is 0 Å². The van der Waals surface area contributed by atoms with Crippen LogP contribution in [0.25, 0.3) is 0 Å². The molecule has 1 aromatic heterocycles. The summed E-state index contributed by atoms with van der Waals surface area (Å²) in [6.07, 6.45) is 5.13. The van der Waals surface area contributed by atoms with E-state index in [1.54, 1.807) is 0 Å². The van der Waals surface area contributed by atoms with Crippen LogP contribution in [0.5, 0.6) is 6.01 Å². The molecule has 0 bridgehead atoms. The SMILES string of the molecule is CCNCc1cc(C)nc(OC2CCCC2)n1. The highest BCUT2D eigenvalue weighted by Crippen LogP contribution is 2.22. The van der Waals surface area contributed by atoms with Gasteiger partial charge < -0.3 is 10.1 Å². The van der Waals surface area contributed by atoms with Crippen molar-refractivity contribution in [1.82, 2.24) is 15.3 Å². The molecule has 1 aliphatic rings. The largest absolute Gasteiger partial charge is 0.460 e. The van der Waals surface area contributed by atoms with Crippen LogP contribution in [-0.2, 0) is 6.54 Å². The first-order valence-corrected chi connectivity index (χ1v) is 6.50. The Balaban J connectivity index is 2.02. The average molecular weight is 235 g/mol. The Labute approximate surface area is 103 Å². The van der Waals surface area contributed by atoms with Gasteiger partial charge in [-0.2, -0.15) is 4.98 Å². The molecule has 4 nitrogen and oxygen atoms in total. The van der Waals surface area contributed by atoms with E-state index in [4.69, 9.17) is 4.74 Å². The van der Waals surface area contributed by atoms with Crippen molar-refractivity contribution >= 4 is 0 Å². The van der Waals surface area contributed by atoms with Gasteiger partial charge in [0.25, 0.3) is 0 Å². The Hall–Kier alpha value is -1.16. The normalized spacial score (nSPS) is 16.4. The Kier molecular flexibility index (Phi) is 4.31. The summed E-state index contributed by atoms with van der Waals surface area (Å²) in [5.41, 5.74) is 1.98. The average Bonchev–Trinajstić information content (AvgIpc) is 2.78. The minimum absolute atomic E-state index is 0.323. The van der Waals surface area contributed by atoms with Crippen molar-refractivity contribution in [2.75, 3.05) is 6.54 Å². The maximum atomic E-state index is 5.83. The Morgan fingerprint density at radius 3 is 2.82 bits per heavy atom. The molecule has 0 aromatic carbocycles. The summed E-state index contributed by atoms with van der Waals surface area (Å²) in [5, 5.41) is 3.27. The van der Waals surface area contributed by atoms with Crippen LogP contribution in [0.1, 0.15) is 44.0 Å². The fourth-order valence-electron chi connectivity index (χ4n) is 2.16. The number of ether oxygens (including phenoxy) is 1. The molecule has 1 heterocycles. The fourth-order valence-corrected chi connectivity index (χ4v) is 2.16. The van der Waals surface area contributed by atoms with Crippen molar-refractivity contribution < 1.29 is 4.74 Å². The molecule has 2 rings (SSSR count). The Morgan fingerprint density at radius 2 is 2.12 bits per heavy atom. The van der Waals surface area contributed by atoms with Gasteiger partial charge in [0, 0.05) is 12.2 Å². The van der Waals surface area contributed by atoms with Crippen LogP contribution in [-0.4, -0.2) is 22.6 Å². The third-order valence-electron chi connectivity index (χ3n) is 3.02. The van der Waals surface area contributed by atoms with E-state index in [2.05, 4.69) is 22.2 Å². The van der Waals surface area contributed by atoms with E-state index in [-0.39, 0.29) is 0 Å². The van der Waals surface area contributed by atoms with Crippen LogP contribution in [0.2, 0.25) is 0 Å². The number of aromatic nitrogens is 2. The lowest BCUT2D eigenvalue weighted by molar-refractivity contribution is 0.191. The summed E-state index contributed by atoms with van der Waals surface area (Å²) in [6, 6.07) is 2.55. The quantitative estimate of drug-likeness (QED) is 0.850. The number of aryl methyl sites for hydroxylation is 1. The number of nitrogens with one attached hydrogen (secondary N) is 1. The standard InChI is InChI=1S/C13H21N3O/c1-3-14-9-11-8-10(2)15-13(16-11)17-12-6-4-5-7-12/h8,12,14H,3-7,9H2,1-2H3. The lowest BCUT2D eigenvalue weighted by atomic mass is 10.3. The monoisotopic (exact) mass is 235 g/mol. The van der Waals surface area contributed by atoms with Crippen molar-refractivity contribution in [2.24, 2.45) is 0 Å². The summed E-state index contributed by atoms with van der Waals surface area (Å²) in [4.78, 5) is 8.78. The molecule has 0 spiro atoms. The molecule has 0 saturated heterocycles. The van der Waals surface area contributed by atoms with E-state index >= 15 is 0 Å². The second kappa shape index (κ2) is 5.96. The highest BCUT2D eigenvalue weighted by molar-refractivity contribution is 5.12. The number of hydrogen-bond acceptors (Lipinski definition) is 4. The highest BCUT2D eigenvalue weighted by Gasteiger charge is 2.18. The second-order valence-electron chi connectivity index (χ2n) is 4.59. The van der Waals surface area contributed by atoms with Gasteiger partial charge in [-0.3, -0.25) is 0 Å². The predicted molar refractivity (Wildman–Crippen MR) is 67.0 cm³/mol. The first kappa shape index (κ1) is 12.3. The van der Waals surface area contributed by atoms with Gasteiger partial charge in [-0.1, -0.05) is 6.92 Å². The number of hydrogen-bond donors (Lipinski definition) is 1. The Bertz CT molecular complexity index is 362. The molecule has 0 radical (unpaired) electrons. The minimum atomic E-state index is 0.323. The van der Waals surface area contributed by atoms with Gasteiger partial charge in [0.2, 0.25) is 0 Å². The van der Waals surface area contributed by atoms with Crippen molar-refractivity contribution in [3.8, 4) is 6.01 Å². The highest BCUT2D eigenvalue weighted by atomic mass is 16.5. The molecule has 0 unspecified atom stereocenters. The van der Waals surface area contributed by atoms with Gasteiger partial charge in [0.15, 0.2) is 0 Å². The van der Waals surface area contributed by atoms with Gasteiger partial charge in [0.1, 0.15) is 6.10 Å². The van der Waals surface area contributed by atoms with E-state index in [9.17, 15) is 0 Å². The zero-order valence-electron chi connectivity index (χ0n) is 10.7. The van der Waals surface area contributed by atoms with Gasteiger partial charge in [-0.25, -0.2) is 4.98 Å². The molecule has 1 fully saturated rings. The van der Waals surface area contributed by atoms with Gasteiger partial charge in [-0.05, 0) is 45.2 Å². The van der Waals surface area contributed by atoms with E-state index < -0.39 is 0 Å². The smallest absolute Gasteiger partial charge is 0.317 e.